The van der Waals surface area contributed by atoms with Gasteiger partial charge in [-0.1, -0.05) is 36.4 Å². The van der Waals surface area contributed by atoms with Crippen molar-refractivity contribution in [2.45, 2.75) is 19.1 Å². The molecule has 3 heteroatoms. The highest BCUT2D eigenvalue weighted by atomic mass is 16.7. The van der Waals surface area contributed by atoms with Gasteiger partial charge < -0.3 is 13.9 Å². The van der Waals surface area contributed by atoms with E-state index in [4.69, 9.17) is 13.9 Å². The van der Waals surface area contributed by atoms with Gasteiger partial charge in [-0.3, -0.25) is 0 Å². The average molecular weight is 332 g/mol. The van der Waals surface area contributed by atoms with Crippen molar-refractivity contribution in [1.82, 2.24) is 0 Å². The van der Waals surface area contributed by atoms with E-state index in [9.17, 15) is 0 Å². The van der Waals surface area contributed by atoms with Crippen LogP contribution in [0.15, 0.2) is 59.0 Å². The van der Waals surface area contributed by atoms with Crippen molar-refractivity contribution < 1.29 is 13.9 Å². The molecule has 1 saturated carbocycles. The number of hydrogen-bond acceptors (Lipinski definition) is 3. The number of ether oxygens (including phenoxy) is 2. The van der Waals surface area contributed by atoms with Gasteiger partial charge in [0, 0.05) is 21.8 Å². The first-order chi connectivity index (χ1) is 12.3. The predicted molar refractivity (Wildman–Crippen MR) is 96.2 cm³/mol. The second kappa shape index (κ2) is 4.96. The topological polar surface area (TPSA) is 31.6 Å². The van der Waals surface area contributed by atoms with Gasteiger partial charge in [-0.05, 0) is 42.9 Å². The first kappa shape index (κ1) is 14.1. The Balaban J connectivity index is 1.31. The summed E-state index contributed by atoms with van der Waals surface area (Å²) in [6, 6.07) is 14.4. The third-order valence-corrected chi connectivity index (χ3v) is 6.34. The monoisotopic (exact) mass is 332 g/mol. The Morgan fingerprint density at radius 1 is 0.880 bits per heavy atom. The summed E-state index contributed by atoms with van der Waals surface area (Å²) in [5, 5.41) is 2.27. The van der Waals surface area contributed by atoms with E-state index in [1.54, 1.807) is 0 Å². The number of furan rings is 1. The van der Waals surface area contributed by atoms with Crippen molar-refractivity contribution in [3.8, 4) is 0 Å². The SMILES string of the molecule is C1=C[C@H]2C[C@@H]1CC21COC(c2ccc3oc4ccccc4c3c2)OC1. The molecule has 1 spiro atoms. The maximum absolute atomic E-state index is 6.21. The van der Waals surface area contributed by atoms with Gasteiger partial charge in [0.05, 0.1) is 13.2 Å². The van der Waals surface area contributed by atoms with Gasteiger partial charge in [0.15, 0.2) is 6.29 Å². The van der Waals surface area contributed by atoms with Crippen LogP contribution in [0, 0.1) is 17.3 Å². The largest absolute Gasteiger partial charge is 0.456 e. The minimum atomic E-state index is -0.271. The molecule has 1 saturated heterocycles. The predicted octanol–water partition coefficient (Wildman–Crippen LogP) is 5.21. The molecule has 0 N–H and O–H groups in total. The number of benzene rings is 2. The highest BCUT2D eigenvalue weighted by Gasteiger charge is 2.51. The lowest BCUT2D eigenvalue weighted by Crippen LogP contribution is -2.41. The molecule has 3 nitrogen and oxygen atoms in total. The first-order valence-corrected chi connectivity index (χ1v) is 9.14. The number of rotatable bonds is 1. The molecular weight excluding hydrogens is 312 g/mol. The Labute approximate surface area is 146 Å². The van der Waals surface area contributed by atoms with E-state index in [0.717, 1.165) is 46.6 Å². The van der Waals surface area contributed by atoms with Crippen LogP contribution in [0.2, 0.25) is 0 Å². The van der Waals surface area contributed by atoms with E-state index in [2.05, 4.69) is 30.4 Å². The Morgan fingerprint density at radius 3 is 2.52 bits per heavy atom. The molecule has 0 radical (unpaired) electrons. The molecule has 2 heterocycles. The lowest BCUT2D eigenvalue weighted by atomic mass is 9.76. The zero-order valence-corrected chi connectivity index (χ0v) is 14.0. The summed E-state index contributed by atoms with van der Waals surface area (Å²) in [5.41, 5.74) is 3.12. The van der Waals surface area contributed by atoms with Crippen molar-refractivity contribution in [3.63, 3.8) is 0 Å². The summed E-state index contributed by atoms with van der Waals surface area (Å²) in [4.78, 5) is 0. The highest BCUT2D eigenvalue weighted by Crippen LogP contribution is 2.54. The lowest BCUT2D eigenvalue weighted by molar-refractivity contribution is -0.239. The molecule has 1 aromatic heterocycles. The van der Waals surface area contributed by atoms with Gasteiger partial charge in [-0.25, -0.2) is 0 Å². The Morgan fingerprint density at radius 2 is 1.72 bits per heavy atom. The fourth-order valence-corrected chi connectivity index (χ4v) is 5.04. The molecule has 2 fully saturated rings. The van der Waals surface area contributed by atoms with Crippen LogP contribution in [0.25, 0.3) is 21.9 Å². The normalized spacial score (nSPS) is 33.8. The molecule has 3 aromatic rings. The van der Waals surface area contributed by atoms with Crippen molar-refractivity contribution in [1.29, 1.82) is 0 Å². The second-order valence-electron chi connectivity index (χ2n) is 7.86. The molecule has 6 rings (SSSR count). The Bertz CT molecular complexity index is 991. The molecule has 1 aliphatic heterocycles. The van der Waals surface area contributed by atoms with Crippen LogP contribution in [0.4, 0.5) is 0 Å². The summed E-state index contributed by atoms with van der Waals surface area (Å²) in [6.45, 7) is 1.60. The smallest absolute Gasteiger partial charge is 0.183 e. The Hall–Kier alpha value is -2.10. The van der Waals surface area contributed by atoms with Gasteiger partial charge in [0.2, 0.25) is 0 Å². The van der Waals surface area contributed by atoms with Crippen molar-refractivity contribution in [2.24, 2.45) is 17.3 Å². The molecule has 2 aliphatic carbocycles. The summed E-state index contributed by atoms with van der Waals surface area (Å²) in [7, 11) is 0. The maximum atomic E-state index is 6.21. The first-order valence-electron chi connectivity index (χ1n) is 9.14. The van der Waals surface area contributed by atoms with Gasteiger partial charge in [0.1, 0.15) is 11.2 Å². The zero-order valence-electron chi connectivity index (χ0n) is 14.0. The fourth-order valence-electron chi connectivity index (χ4n) is 5.04. The minimum absolute atomic E-state index is 0.211. The number of hydrogen-bond donors (Lipinski definition) is 0. The van der Waals surface area contributed by atoms with Crippen LogP contribution in [0.5, 0.6) is 0 Å². The molecular formula is C22H20O3. The standard InChI is InChI=1S/C22H20O3/c1-2-4-19-17(3-1)18-10-15(6-8-20(18)25-19)21-23-12-22(13-24-21)11-14-5-7-16(22)9-14/h1-8,10,14,16,21H,9,11-13H2/t14-,16+,21?,22?/m1/s1. The average Bonchev–Trinajstić information content (AvgIpc) is 3.34. The zero-order chi connectivity index (χ0) is 16.4. The quantitative estimate of drug-likeness (QED) is 0.573. The second-order valence-corrected chi connectivity index (χ2v) is 7.86. The van der Waals surface area contributed by atoms with Gasteiger partial charge in [-0.2, -0.15) is 0 Å². The number of para-hydroxylation sites is 1. The van der Waals surface area contributed by atoms with Crippen molar-refractivity contribution in [3.05, 3.63) is 60.2 Å². The van der Waals surface area contributed by atoms with Crippen LogP contribution < -0.4 is 0 Å². The molecule has 3 aliphatic rings. The molecule has 2 atom stereocenters. The minimum Gasteiger partial charge on any atom is -0.456 e. The third kappa shape index (κ3) is 2.00. The van der Waals surface area contributed by atoms with Crippen LogP contribution >= 0.6 is 0 Å². The van der Waals surface area contributed by atoms with Crippen molar-refractivity contribution >= 4 is 21.9 Å². The van der Waals surface area contributed by atoms with Crippen LogP contribution in [0.3, 0.4) is 0 Å². The van der Waals surface area contributed by atoms with E-state index in [0.29, 0.717) is 5.92 Å². The van der Waals surface area contributed by atoms with Crippen LogP contribution in [-0.4, -0.2) is 13.2 Å². The van der Waals surface area contributed by atoms with Gasteiger partial charge in [0.25, 0.3) is 0 Å². The molecule has 0 unspecified atom stereocenters. The maximum Gasteiger partial charge on any atom is 0.183 e. The van der Waals surface area contributed by atoms with Crippen LogP contribution in [-0.2, 0) is 9.47 Å². The van der Waals surface area contributed by atoms with Crippen LogP contribution in [0.1, 0.15) is 24.7 Å². The summed E-state index contributed by atoms with van der Waals surface area (Å²) in [6.07, 6.45) is 6.98. The van der Waals surface area contributed by atoms with E-state index >= 15 is 0 Å². The summed E-state index contributed by atoms with van der Waals surface area (Å²) < 4.78 is 18.3. The Kier molecular flexibility index (Phi) is 2.80. The lowest BCUT2D eigenvalue weighted by Gasteiger charge is -2.41. The van der Waals surface area contributed by atoms with E-state index in [-0.39, 0.29) is 11.7 Å². The summed E-state index contributed by atoms with van der Waals surface area (Å²) >= 11 is 0. The fraction of sp³-hybridized carbons (Fsp3) is 0.364. The summed E-state index contributed by atoms with van der Waals surface area (Å²) in [5.74, 6) is 1.38. The molecule has 126 valence electrons. The van der Waals surface area contributed by atoms with E-state index in [1.165, 1.54) is 12.8 Å². The van der Waals surface area contributed by atoms with E-state index in [1.807, 2.05) is 24.3 Å². The van der Waals surface area contributed by atoms with Crippen molar-refractivity contribution in [2.75, 3.05) is 13.2 Å². The molecule has 0 amide bonds. The number of fused-ring (bicyclic) bond motifs is 6. The van der Waals surface area contributed by atoms with Gasteiger partial charge >= 0.3 is 0 Å². The molecule has 2 bridgehead atoms. The van der Waals surface area contributed by atoms with Gasteiger partial charge in [-0.15, -0.1) is 0 Å². The number of allylic oxidation sites excluding steroid dienone is 2. The third-order valence-electron chi connectivity index (χ3n) is 6.34. The highest BCUT2D eigenvalue weighted by molar-refractivity contribution is 6.04. The molecule has 2 aromatic carbocycles. The van der Waals surface area contributed by atoms with E-state index < -0.39 is 0 Å². The molecule has 25 heavy (non-hydrogen) atoms.